The molecule has 32 heavy (non-hydrogen) atoms. The standard InChI is InChI=1S/C24H27FN2O5/c1-29-22-20(30-14-16-4-2-5-16)9-8-19(26-22)23(28)27-11-10-24(21(13-27)31-15-32-24)17-6-3-7-18(25)12-17/h3,6-9,12,16,21H,2,4-5,10-11,13-15H2,1H3/t21-,24-/m1/s1/i15D2. The Morgan fingerprint density at radius 2 is 2.25 bits per heavy atom. The Morgan fingerprint density at radius 1 is 1.38 bits per heavy atom. The predicted octanol–water partition coefficient (Wildman–Crippen LogP) is 3.52. The van der Waals surface area contributed by atoms with Crippen molar-refractivity contribution in [3.63, 3.8) is 0 Å². The summed E-state index contributed by atoms with van der Waals surface area (Å²) >= 11 is 0. The van der Waals surface area contributed by atoms with Crippen molar-refractivity contribution >= 4 is 5.91 Å². The quantitative estimate of drug-likeness (QED) is 0.679. The molecule has 0 radical (unpaired) electrons. The lowest BCUT2D eigenvalue weighted by molar-refractivity contribution is -0.0441. The number of pyridine rings is 1. The van der Waals surface area contributed by atoms with Crippen LogP contribution < -0.4 is 9.47 Å². The maximum atomic E-state index is 13.9. The van der Waals surface area contributed by atoms with Crippen molar-refractivity contribution < 1.29 is 30.9 Å². The molecule has 1 aromatic carbocycles. The van der Waals surface area contributed by atoms with Gasteiger partial charge in [0, 0.05) is 13.0 Å². The summed E-state index contributed by atoms with van der Waals surface area (Å²) in [5, 5.41) is 0. The molecule has 0 spiro atoms. The fourth-order valence-corrected chi connectivity index (χ4v) is 4.46. The summed E-state index contributed by atoms with van der Waals surface area (Å²) in [5.74, 6) is 0.500. The molecule has 1 aliphatic carbocycles. The highest BCUT2D eigenvalue weighted by Gasteiger charge is 2.51. The fraction of sp³-hybridized carbons (Fsp3) is 0.500. The zero-order valence-electron chi connectivity index (χ0n) is 19.9. The van der Waals surface area contributed by atoms with E-state index in [2.05, 4.69) is 4.98 Å². The van der Waals surface area contributed by atoms with Crippen LogP contribution in [0.3, 0.4) is 0 Å². The van der Waals surface area contributed by atoms with Crippen molar-refractivity contribution in [3.8, 4) is 11.6 Å². The Morgan fingerprint density at radius 3 is 3.00 bits per heavy atom. The summed E-state index contributed by atoms with van der Waals surface area (Å²) in [7, 11) is 1.48. The van der Waals surface area contributed by atoms with Crippen LogP contribution in [0.1, 0.15) is 44.5 Å². The Kier molecular flexibility index (Phi) is 5.10. The van der Waals surface area contributed by atoms with E-state index in [-0.39, 0.29) is 37.0 Å². The van der Waals surface area contributed by atoms with E-state index in [1.807, 2.05) is 0 Å². The number of methoxy groups -OCH3 is 1. The van der Waals surface area contributed by atoms with Crippen LogP contribution in [0, 0.1) is 11.7 Å². The van der Waals surface area contributed by atoms with E-state index >= 15 is 0 Å². The third-order valence-electron chi connectivity index (χ3n) is 6.61. The van der Waals surface area contributed by atoms with Gasteiger partial charge in [-0.05, 0) is 48.6 Å². The van der Waals surface area contributed by atoms with Crippen LogP contribution in [-0.2, 0) is 15.1 Å². The van der Waals surface area contributed by atoms with E-state index in [4.69, 9.17) is 21.7 Å². The molecule has 2 atom stereocenters. The molecule has 0 bridgehead atoms. The number of benzene rings is 1. The zero-order chi connectivity index (χ0) is 23.9. The number of fused-ring (bicyclic) bond motifs is 1. The highest BCUT2D eigenvalue weighted by atomic mass is 19.1. The molecule has 2 aliphatic heterocycles. The molecule has 2 aromatic rings. The first-order valence-electron chi connectivity index (χ1n) is 11.9. The van der Waals surface area contributed by atoms with Crippen LogP contribution in [0.2, 0.25) is 0 Å². The number of rotatable bonds is 6. The molecule has 1 amide bonds. The predicted molar refractivity (Wildman–Crippen MR) is 113 cm³/mol. The second-order valence-electron chi connectivity index (χ2n) is 8.50. The molecular formula is C24H27FN2O5. The number of ether oxygens (including phenoxy) is 4. The van der Waals surface area contributed by atoms with Gasteiger partial charge in [0.05, 0.1) is 23.0 Å². The van der Waals surface area contributed by atoms with Crippen molar-refractivity contribution in [3.05, 3.63) is 53.5 Å². The number of likely N-dealkylation sites (tertiary alicyclic amines) is 1. The maximum absolute atomic E-state index is 13.9. The van der Waals surface area contributed by atoms with E-state index in [0.717, 1.165) is 12.8 Å². The topological polar surface area (TPSA) is 70.1 Å². The second-order valence-corrected chi connectivity index (χ2v) is 8.50. The van der Waals surface area contributed by atoms with Gasteiger partial charge in [-0.2, -0.15) is 0 Å². The average molecular weight is 444 g/mol. The number of carbonyl (C=O) groups excluding carboxylic acids is 1. The Hall–Kier alpha value is -2.71. The molecule has 1 aromatic heterocycles. The molecule has 2 saturated heterocycles. The lowest BCUT2D eigenvalue weighted by atomic mass is 9.82. The molecule has 3 heterocycles. The fourth-order valence-electron chi connectivity index (χ4n) is 4.46. The number of amides is 1. The highest BCUT2D eigenvalue weighted by Crippen LogP contribution is 2.43. The van der Waals surface area contributed by atoms with Crippen LogP contribution in [0.15, 0.2) is 36.4 Å². The third kappa shape index (κ3) is 3.82. The minimum atomic E-state index is -2.35. The lowest BCUT2D eigenvalue weighted by Gasteiger charge is -2.41. The van der Waals surface area contributed by atoms with E-state index in [9.17, 15) is 9.18 Å². The zero-order valence-corrected chi connectivity index (χ0v) is 17.9. The van der Waals surface area contributed by atoms with E-state index in [1.54, 1.807) is 29.2 Å². The first-order valence-corrected chi connectivity index (χ1v) is 10.9. The van der Waals surface area contributed by atoms with E-state index in [0.29, 0.717) is 23.8 Å². The second kappa shape index (κ2) is 8.67. The van der Waals surface area contributed by atoms with Crippen molar-refractivity contribution in [1.82, 2.24) is 9.88 Å². The summed E-state index contributed by atoms with van der Waals surface area (Å²) in [5.41, 5.74) is -0.515. The number of hydrogen-bond donors (Lipinski definition) is 0. The van der Waals surface area contributed by atoms with Crippen LogP contribution in [0.5, 0.6) is 11.6 Å². The van der Waals surface area contributed by atoms with Gasteiger partial charge in [-0.3, -0.25) is 4.79 Å². The first kappa shape index (κ1) is 18.8. The molecule has 0 N–H and O–H groups in total. The molecule has 7 nitrogen and oxygen atoms in total. The molecule has 3 fully saturated rings. The number of piperidine rings is 1. The summed E-state index contributed by atoms with van der Waals surface area (Å²) in [6, 6.07) is 9.16. The van der Waals surface area contributed by atoms with Gasteiger partial charge < -0.3 is 23.8 Å². The van der Waals surface area contributed by atoms with Gasteiger partial charge in [0.2, 0.25) is 0 Å². The van der Waals surface area contributed by atoms with Gasteiger partial charge in [0.15, 0.2) is 5.75 Å². The van der Waals surface area contributed by atoms with Crippen LogP contribution in [-0.4, -0.2) is 55.4 Å². The van der Waals surface area contributed by atoms with Crippen molar-refractivity contribution in [1.29, 1.82) is 0 Å². The smallest absolute Gasteiger partial charge is 0.272 e. The van der Waals surface area contributed by atoms with Gasteiger partial charge in [-0.15, -0.1) is 0 Å². The Balaban J connectivity index is 1.34. The molecule has 3 aliphatic rings. The molecule has 8 heteroatoms. The summed E-state index contributed by atoms with van der Waals surface area (Å²) < 4.78 is 52.3. The molecule has 5 rings (SSSR count). The number of carbonyl (C=O) groups is 1. The molecule has 1 saturated carbocycles. The normalized spacial score (nSPS) is 27.7. The monoisotopic (exact) mass is 444 g/mol. The van der Waals surface area contributed by atoms with Crippen LogP contribution in [0.25, 0.3) is 0 Å². The number of nitrogens with zero attached hydrogens (tertiary/aromatic N) is 2. The first-order chi connectivity index (χ1) is 16.3. The average Bonchev–Trinajstić information content (AvgIpc) is 3.08. The molecule has 0 unspecified atom stereocenters. The number of halogens is 1. The van der Waals surface area contributed by atoms with E-state index in [1.165, 1.54) is 25.7 Å². The Bertz CT molecular complexity index is 1080. The summed E-state index contributed by atoms with van der Waals surface area (Å²) in [4.78, 5) is 19.2. The van der Waals surface area contributed by atoms with Crippen LogP contribution in [0.4, 0.5) is 4.39 Å². The Labute approximate surface area is 189 Å². The summed E-state index contributed by atoms with van der Waals surface area (Å²) in [6.07, 6.45) is 2.97. The largest absolute Gasteiger partial charge is 0.488 e. The number of aromatic nitrogens is 1. The van der Waals surface area contributed by atoms with Gasteiger partial charge in [-0.1, -0.05) is 18.6 Å². The highest BCUT2D eigenvalue weighted by molar-refractivity contribution is 5.92. The van der Waals surface area contributed by atoms with Crippen molar-refractivity contribution in [2.45, 2.75) is 37.4 Å². The molecular weight excluding hydrogens is 415 g/mol. The SMILES string of the molecule is [2H]C1([2H])O[C@@H]2CN(C(=O)c3ccc(OCC4CCC4)c(OC)n3)CC[C@]2(c2cccc(F)c2)O1. The van der Waals surface area contributed by atoms with Crippen LogP contribution >= 0.6 is 0 Å². The van der Waals surface area contributed by atoms with Gasteiger partial charge >= 0.3 is 0 Å². The summed E-state index contributed by atoms with van der Waals surface area (Å²) in [6.45, 7) is -1.43. The minimum absolute atomic E-state index is 0.0682. The van der Waals surface area contributed by atoms with Crippen molar-refractivity contribution in [2.75, 3.05) is 33.6 Å². The van der Waals surface area contributed by atoms with E-state index < -0.39 is 24.3 Å². The van der Waals surface area contributed by atoms with Gasteiger partial charge in [0.25, 0.3) is 11.8 Å². The number of hydrogen-bond acceptors (Lipinski definition) is 6. The van der Waals surface area contributed by atoms with Gasteiger partial charge in [-0.25, -0.2) is 9.37 Å². The third-order valence-corrected chi connectivity index (χ3v) is 6.61. The lowest BCUT2D eigenvalue weighted by Crippen LogP contribution is -2.53. The maximum Gasteiger partial charge on any atom is 0.272 e. The minimum Gasteiger partial charge on any atom is -0.488 e. The molecule has 170 valence electrons. The van der Waals surface area contributed by atoms with Gasteiger partial charge in [0.1, 0.15) is 30.0 Å². The van der Waals surface area contributed by atoms with Crippen molar-refractivity contribution in [2.24, 2.45) is 5.92 Å².